The van der Waals surface area contributed by atoms with E-state index in [0.717, 1.165) is 12.0 Å². The minimum absolute atomic E-state index is 0.0106. The molecule has 0 atom stereocenters. The second-order valence-electron chi connectivity index (χ2n) is 6.59. The summed E-state index contributed by atoms with van der Waals surface area (Å²) in [6.07, 6.45) is 1.19. The van der Waals surface area contributed by atoms with E-state index in [4.69, 9.17) is 19.3 Å². The molecule has 0 bridgehead atoms. The van der Waals surface area contributed by atoms with Gasteiger partial charge in [0.15, 0.2) is 0 Å². The number of benzene rings is 2. The van der Waals surface area contributed by atoms with Crippen LogP contribution in [0.3, 0.4) is 0 Å². The second-order valence-corrected chi connectivity index (χ2v) is 6.59. The molecule has 30 heavy (non-hydrogen) atoms. The monoisotopic (exact) mass is 415 g/mol. The molecule has 0 fully saturated rings. The molecule has 0 aliphatic rings. The Morgan fingerprint density at radius 1 is 0.933 bits per heavy atom. The third kappa shape index (κ3) is 6.99. The zero-order chi connectivity index (χ0) is 21.9. The van der Waals surface area contributed by atoms with Crippen molar-refractivity contribution in [2.45, 2.75) is 40.0 Å². The van der Waals surface area contributed by atoms with Crippen LogP contribution in [0.1, 0.15) is 49.5 Å². The van der Waals surface area contributed by atoms with Crippen LogP contribution < -0.4 is 19.5 Å². The summed E-state index contributed by atoms with van der Waals surface area (Å²) >= 11 is 0. The van der Waals surface area contributed by atoms with Gasteiger partial charge in [-0.05, 0) is 56.5 Å². The molecular formula is C23H29NO6. The van der Waals surface area contributed by atoms with E-state index >= 15 is 0 Å². The summed E-state index contributed by atoms with van der Waals surface area (Å²) in [5.41, 5.74) is 1.69. The number of amides is 1. The molecule has 0 aliphatic heterocycles. The molecule has 0 saturated heterocycles. The van der Waals surface area contributed by atoms with E-state index in [2.05, 4.69) is 5.32 Å². The van der Waals surface area contributed by atoms with Crippen molar-refractivity contribution in [1.29, 1.82) is 0 Å². The molecule has 2 rings (SSSR count). The lowest BCUT2D eigenvalue weighted by Crippen LogP contribution is -2.14. The first-order chi connectivity index (χ1) is 14.5. The molecule has 162 valence electrons. The van der Waals surface area contributed by atoms with Gasteiger partial charge in [-0.3, -0.25) is 9.59 Å². The Morgan fingerprint density at radius 3 is 2.17 bits per heavy atom. The lowest BCUT2D eigenvalue weighted by molar-refractivity contribution is -0.136. The summed E-state index contributed by atoms with van der Waals surface area (Å²) in [6.45, 7) is 7.17. The molecule has 2 aromatic carbocycles. The average Bonchev–Trinajstić information content (AvgIpc) is 2.72. The first kappa shape index (κ1) is 23.1. The molecule has 7 nitrogen and oxygen atoms in total. The normalized spacial score (nSPS) is 10.4. The van der Waals surface area contributed by atoms with Crippen molar-refractivity contribution in [3.8, 4) is 17.2 Å². The summed E-state index contributed by atoms with van der Waals surface area (Å²) in [5, 5.41) is 11.8. The van der Waals surface area contributed by atoms with E-state index in [1.54, 1.807) is 30.3 Å². The predicted molar refractivity (Wildman–Crippen MR) is 115 cm³/mol. The molecular weight excluding hydrogens is 386 g/mol. The van der Waals surface area contributed by atoms with Crippen LogP contribution in [0.25, 0.3) is 0 Å². The molecule has 1 amide bonds. The topological polar surface area (TPSA) is 94.1 Å². The Kier molecular flexibility index (Phi) is 9.00. The van der Waals surface area contributed by atoms with Gasteiger partial charge in [0.25, 0.3) is 5.91 Å². The highest BCUT2D eigenvalue weighted by atomic mass is 16.5. The molecule has 0 saturated carbocycles. The standard InChI is InChI=1S/C23H29NO6/c1-4-11-30-21-9-7-16(8-10-22(25)26)12-20(21)24-23(27)17-13-18(28-5-2)15-19(14-17)29-6-3/h7,9,12-15H,4-6,8,10-11H2,1-3H3,(H,24,27)(H,25,26). The lowest BCUT2D eigenvalue weighted by atomic mass is 10.1. The minimum atomic E-state index is -0.872. The highest BCUT2D eigenvalue weighted by Gasteiger charge is 2.14. The number of carboxylic acids is 1. The van der Waals surface area contributed by atoms with E-state index in [0.29, 0.717) is 54.7 Å². The molecule has 0 aromatic heterocycles. The summed E-state index contributed by atoms with van der Waals surface area (Å²) in [4.78, 5) is 23.8. The van der Waals surface area contributed by atoms with Gasteiger partial charge >= 0.3 is 5.97 Å². The van der Waals surface area contributed by atoms with Crippen LogP contribution in [0.5, 0.6) is 17.2 Å². The number of aryl methyl sites for hydroxylation is 1. The van der Waals surface area contributed by atoms with Gasteiger partial charge in [-0.1, -0.05) is 13.0 Å². The van der Waals surface area contributed by atoms with Crippen molar-refractivity contribution in [3.63, 3.8) is 0 Å². The van der Waals surface area contributed by atoms with Crippen LogP contribution in [0.4, 0.5) is 5.69 Å². The second kappa shape index (κ2) is 11.7. The van der Waals surface area contributed by atoms with Crippen LogP contribution in [-0.2, 0) is 11.2 Å². The number of aliphatic carboxylic acids is 1. The van der Waals surface area contributed by atoms with Crippen LogP contribution >= 0.6 is 0 Å². The largest absolute Gasteiger partial charge is 0.494 e. The number of anilines is 1. The molecule has 0 unspecified atom stereocenters. The molecule has 2 aromatic rings. The SMILES string of the molecule is CCCOc1ccc(CCC(=O)O)cc1NC(=O)c1cc(OCC)cc(OCC)c1. The molecule has 0 heterocycles. The van der Waals surface area contributed by atoms with Crippen LogP contribution in [0.2, 0.25) is 0 Å². The molecule has 7 heteroatoms. The number of carbonyl (C=O) groups excluding carboxylic acids is 1. The number of carboxylic acid groups (broad SMARTS) is 1. The Morgan fingerprint density at radius 2 is 1.60 bits per heavy atom. The fourth-order valence-corrected chi connectivity index (χ4v) is 2.82. The van der Waals surface area contributed by atoms with E-state index < -0.39 is 5.97 Å². The van der Waals surface area contributed by atoms with Gasteiger partial charge in [0.05, 0.1) is 25.5 Å². The van der Waals surface area contributed by atoms with E-state index in [-0.39, 0.29) is 12.3 Å². The predicted octanol–water partition coefficient (Wildman–Crippen LogP) is 4.54. The molecule has 2 N–H and O–H groups in total. The van der Waals surface area contributed by atoms with E-state index in [1.807, 2.05) is 26.8 Å². The Bertz CT molecular complexity index is 841. The third-order valence-electron chi connectivity index (χ3n) is 4.15. The number of carbonyl (C=O) groups is 2. The smallest absolute Gasteiger partial charge is 0.303 e. The average molecular weight is 415 g/mol. The number of ether oxygens (including phenoxy) is 3. The van der Waals surface area contributed by atoms with Crippen molar-refractivity contribution in [1.82, 2.24) is 0 Å². The fourth-order valence-electron chi connectivity index (χ4n) is 2.82. The Balaban J connectivity index is 2.30. The zero-order valence-corrected chi connectivity index (χ0v) is 17.7. The summed E-state index contributed by atoms with van der Waals surface area (Å²) in [6, 6.07) is 10.4. The zero-order valence-electron chi connectivity index (χ0n) is 17.7. The van der Waals surface area contributed by atoms with Crippen molar-refractivity contribution >= 4 is 17.6 Å². The molecule has 0 spiro atoms. The molecule has 0 aliphatic carbocycles. The fraction of sp³-hybridized carbons (Fsp3) is 0.391. The van der Waals surface area contributed by atoms with Gasteiger partial charge in [0, 0.05) is 18.1 Å². The number of hydrogen-bond acceptors (Lipinski definition) is 5. The van der Waals surface area contributed by atoms with Gasteiger partial charge in [0.1, 0.15) is 17.2 Å². The van der Waals surface area contributed by atoms with Crippen LogP contribution in [0.15, 0.2) is 36.4 Å². The number of nitrogens with one attached hydrogen (secondary N) is 1. The van der Waals surface area contributed by atoms with Gasteiger partial charge in [-0.2, -0.15) is 0 Å². The van der Waals surface area contributed by atoms with Crippen molar-refractivity contribution in [2.75, 3.05) is 25.1 Å². The summed E-state index contributed by atoms with van der Waals surface area (Å²) in [7, 11) is 0. The van der Waals surface area contributed by atoms with Crippen LogP contribution in [0, 0.1) is 0 Å². The highest BCUT2D eigenvalue weighted by molar-refractivity contribution is 6.05. The van der Waals surface area contributed by atoms with E-state index in [1.165, 1.54) is 0 Å². The van der Waals surface area contributed by atoms with Gasteiger partial charge in [-0.25, -0.2) is 0 Å². The summed E-state index contributed by atoms with van der Waals surface area (Å²) in [5.74, 6) is 0.421. The van der Waals surface area contributed by atoms with Gasteiger partial charge in [0.2, 0.25) is 0 Å². The van der Waals surface area contributed by atoms with Gasteiger partial charge in [-0.15, -0.1) is 0 Å². The third-order valence-corrected chi connectivity index (χ3v) is 4.15. The number of hydrogen-bond donors (Lipinski definition) is 2. The lowest BCUT2D eigenvalue weighted by Gasteiger charge is -2.15. The Labute approximate surface area is 177 Å². The Hall–Kier alpha value is -3.22. The van der Waals surface area contributed by atoms with Crippen molar-refractivity contribution in [2.24, 2.45) is 0 Å². The van der Waals surface area contributed by atoms with Gasteiger partial charge < -0.3 is 24.6 Å². The quantitative estimate of drug-likeness (QED) is 0.528. The first-order valence-corrected chi connectivity index (χ1v) is 10.2. The van der Waals surface area contributed by atoms with Crippen molar-refractivity contribution in [3.05, 3.63) is 47.5 Å². The maximum atomic E-state index is 13.0. The number of rotatable bonds is 12. The van der Waals surface area contributed by atoms with Crippen molar-refractivity contribution < 1.29 is 28.9 Å². The maximum absolute atomic E-state index is 13.0. The summed E-state index contributed by atoms with van der Waals surface area (Å²) < 4.78 is 16.8. The van der Waals surface area contributed by atoms with E-state index in [9.17, 15) is 9.59 Å². The highest BCUT2D eigenvalue weighted by Crippen LogP contribution is 2.29. The first-order valence-electron chi connectivity index (χ1n) is 10.2. The molecule has 0 radical (unpaired) electrons. The maximum Gasteiger partial charge on any atom is 0.303 e. The minimum Gasteiger partial charge on any atom is -0.494 e. The van der Waals surface area contributed by atoms with Crippen LogP contribution in [-0.4, -0.2) is 36.8 Å².